The zero-order valence-electron chi connectivity index (χ0n) is 17.1. The van der Waals surface area contributed by atoms with Crippen molar-refractivity contribution in [2.45, 2.75) is 22.9 Å². The average molecular weight is 452 g/mol. The van der Waals surface area contributed by atoms with Crippen molar-refractivity contribution in [2.24, 2.45) is 0 Å². The second-order valence-electron chi connectivity index (χ2n) is 7.21. The van der Waals surface area contributed by atoms with E-state index in [-0.39, 0.29) is 0 Å². The summed E-state index contributed by atoms with van der Waals surface area (Å²) in [5, 5.41) is 0.864. The number of aromatic nitrogens is 2. The maximum Gasteiger partial charge on any atom is 0.243 e. The first-order valence-electron chi connectivity index (χ1n) is 10.3. The van der Waals surface area contributed by atoms with Gasteiger partial charge < -0.3 is 4.98 Å². The molecule has 4 aromatic rings. The second kappa shape index (κ2) is 10.1. The van der Waals surface area contributed by atoms with Crippen LogP contribution in [0.3, 0.4) is 0 Å². The van der Waals surface area contributed by atoms with Crippen molar-refractivity contribution in [1.82, 2.24) is 14.3 Å². The molecule has 5 nitrogen and oxygen atoms in total. The number of hydrogen-bond acceptors (Lipinski definition) is 4. The minimum atomic E-state index is -3.54. The van der Waals surface area contributed by atoms with Gasteiger partial charge in [0.1, 0.15) is 0 Å². The van der Waals surface area contributed by atoms with Crippen LogP contribution in [0.4, 0.5) is 0 Å². The van der Waals surface area contributed by atoms with Crippen LogP contribution in [0.25, 0.3) is 11.0 Å². The molecule has 0 unspecified atom stereocenters. The molecule has 0 aliphatic rings. The first-order chi connectivity index (χ1) is 15.1. The predicted octanol–water partition coefficient (Wildman–Crippen LogP) is 4.98. The van der Waals surface area contributed by atoms with Crippen LogP contribution in [0.1, 0.15) is 12.0 Å². The molecule has 7 heteroatoms. The first kappa shape index (κ1) is 21.6. The molecule has 0 saturated carbocycles. The van der Waals surface area contributed by atoms with Gasteiger partial charge in [0.05, 0.1) is 15.9 Å². The number of fused-ring (bicyclic) bond motifs is 1. The zero-order valence-corrected chi connectivity index (χ0v) is 18.8. The van der Waals surface area contributed by atoms with Crippen molar-refractivity contribution in [3.63, 3.8) is 0 Å². The summed E-state index contributed by atoms with van der Waals surface area (Å²) in [4.78, 5) is 8.22. The van der Waals surface area contributed by atoms with Crippen molar-refractivity contribution in [2.75, 3.05) is 18.8 Å². The van der Waals surface area contributed by atoms with Gasteiger partial charge in [-0.1, -0.05) is 72.4 Å². The topological polar surface area (TPSA) is 66.1 Å². The molecule has 0 bridgehead atoms. The van der Waals surface area contributed by atoms with E-state index in [2.05, 4.69) is 9.97 Å². The molecule has 0 aliphatic carbocycles. The lowest BCUT2D eigenvalue weighted by atomic mass is 10.1. The molecule has 31 heavy (non-hydrogen) atoms. The molecule has 0 radical (unpaired) electrons. The Morgan fingerprint density at radius 3 is 2.26 bits per heavy atom. The smallest absolute Gasteiger partial charge is 0.243 e. The minimum Gasteiger partial charge on any atom is -0.333 e. The Morgan fingerprint density at radius 2 is 1.52 bits per heavy atom. The summed E-state index contributed by atoms with van der Waals surface area (Å²) in [6.07, 6.45) is 1.42. The molecule has 0 amide bonds. The summed E-state index contributed by atoms with van der Waals surface area (Å²) >= 11 is 1.62. The number of sulfonamides is 1. The Bertz CT molecular complexity index is 1180. The maximum atomic E-state index is 13.2. The fourth-order valence-corrected chi connectivity index (χ4v) is 5.71. The third kappa shape index (κ3) is 5.55. The van der Waals surface area contributed by atoms with Crippen LogP contribution in [-0.4, -0.2) is 41.5 Å². The summed E-state index contributed by atoms with van der Waals surface area (Å²) in [5.74, 6) is 0.784. The fourth-order valence-electron chi connectivity index (χ4n) is 3.40. The number of para-hydroxylation sites is 2. The molecule has 3 aromatic carbocycles. The van der Waals surface area contributed by atoms with E-state index in [1.54, 1.807) is 40.3 Å². The molecule has 0 atom stereocenters. The Hall–Kier alpha value is -2.61. The number of H-pyrrole nitrogens is 1. The molecule has 0 aliphatic heterocycles. The molecule has 4 rings (SSSR count). The summed E-state index contributed by atoms with van der Waals surface area (Å²) in [7, 11) is -3.54. The first-order valence-corrected chi connectivity index (χ1v) is 12.7. The lowest BCUT2D eigenvalue weighted by molar-refractivity contribution is 0.414. The van der Waals surface area contributed by atoms with Crippen molar-refractivity contribution in [1.29, 1.82) is 0 Å². The maximum absolute atomic E-state index is 13.2. The normalized spacial score (nSPS) is 11.9. The van der Waals surface area contributed by atoms with E-state index in [9.17, 15) is 8.42 Å². The van der Waals surface area contributed by atoms with Crippen LogP contribution in [0.2, 0.25) is 0 Å². The number of thioether (sulfide) groups is 1. The molecule has 1 heterocycles. The van der Waals surface area contributed by atoms with E-state index in [1.807, 2.05) is 60.7 Å². The van der Waals surface area contributed by atoms with E-state index < -0.39 is 10.0 Å². The van der Waals surface area contributed by atoms with Crippen LogP contribution in [0, 0.1) is 0 Å². The number of rotatable bonds is 10. The number of benzene rings is 3. The highest BCUT2D eigenvalue weighted by Crippen LogP contribution is 2.21. The number of hydrogen-bond donors (Lipinski definition) is 1. The highest BCUT2D eigenvalue weighted by Gasteiger charge is 2.23. The Balaban J connectivity index is 1.41. The highest BCUT2D eigenvalue weighted by atomic mass is 32.2. The van der Waals surface area contributed by atoms with Gasteiger partial charge in [-0.25, -0.2) is 13.4 Å². The number of nitrogens with one attached hydrogen (secondary N) is 1. The van der Waals surface area contributed by atoms with E-state index in [1.165, 1.54) is 0 Å². The summed E-state index contributed by atoms with van der Waals surface area (Å²) in [6.45, 7) is 0.924. The molecule has 1 N–H and O–H groups in total. The van der Waals surface area contributed by atoms with Crippen molar-refractivity contribution in [3.8, 4) is 0 Å². The standard InChI is InChI=1S/C24H25N3O2S2/c28-31(29,21-12-5-2-6-13-21)27(18-16-20-10-3-1-4-11-20)17-9-19-30-24-25-22-14-7-8-15-23(22)26-24/h1-8,10-15H,9,16-19H2,(H,25,26). The third-order valence-corrected chi connectivity index (χ3v) is 7.90. The molecular formula is C24H25N3O2S2. The minimum absolute atomic E-state index is 0.341. The van der Waals surface area contributed by atoms with Crippen molar-refractivity contribution >= 4 is 32.8 Å². The number of aromatic amines is 1. The van der Waals surface area contributed by atoms with E-state index in [0.717, 1.165) is 33.9 Å². The molecule has 0 saturated heterocycles. The summed E-state index contributed by atoms with van der Waals surface area (Å²) in [6, 6.07) is 26.6. The molecule has 1 aromatic heterocycles. The van der Waals surface area contributed by atoms with E-state index in [4.69, 9.17) is 0 Å². The third-order valence-electron chi connectivity index (χ3n) is 5.03. The molecular weight excluding hydrogens is 426 g/mol. The van der Waals surface area contributed by atoms with Crippen molar-refractivity contribution < 1.29 is 8.42 Å². The molecule has 0 spiro atoms. The van der Waals surface area contributed by atoms with Gasteiger partial charge in [-0.2, -0.15) is 4.31 Å². The second-order valence-corrected chi connectivity index (χ2v) is 10.2. The van der Waals surface area contributed by atoms with E-state index in [0.29, 0.717) is 24.4 Å². The van der Waals surface area contributed by atoms with E-state index >= 15 is 0 Å². The van der Waals surface area contributed by atoms with Crippen LogP contribution >= 0.6 is 11.8 Å². The number of nitrogens with zero attached hydrogens (tertiary/aromatic N) is 2. The van der Waals surface area contributed by atoms with Gasteiger partial charge in [-0.3, -0.25) is 0 Å². The quantitative estimate of drug-likeness (QED) is 0.273. The fraction of sp³-hybridized carbons (Fsp3) is 0.208. The van der Waals surface area contributed by atoms with Gasteiger partial charge in [0.2, 0.25) is 10.0 Å². The van der Waals surface area contributed by atoms with Crippen LogP contribution < -0.4 is 0 Å². The monoisotopic (exact) mass is 451 g/mol. The van der Waals surface area contributed by atoms with Gasteiger partial charge in [-0.15, -0.1) is 0 Å². The predicted molar refractivity (Wildman–Crippen MR) is 127 cm³/mol. The van der Waals surface area contributed by atoms with Crippen LogP contribution in [0.15, 0.2) is 95.0 Å². The zero-order chi connectivity index (χ0) is 21.5. The SMILES string of the molecule is O=S(=O)(c1ccccc1)N(CCCSc1nc2ccccc2[nH]1)CCc1ccccc1. The van der Waals surface area contributed by atoms with Gasteiger partial charge in [0.15, 0.2) is 5.16 Å². The van der Waals surface area contributed by atoms with Gasteiger partial charge >= 0.3 is 0 Å². The lowest BCUT2D eigenvalue weighted by Crippen LogP contribution is -2.34. The molecule has 0 fully saturated rings. The Morgan fingerprint density at radius 1 is 0.839 bits per heavy atom. The van der Waals surface area contributed by atoms with Gasteiger partial charge in [-0.05, 0) is 42.7 Å². The molecule has 160 valence electrons. The number of imidazole rings is 1. The van der Waals surface area contributed by atoms with Crippen molar-refractivity contribution in [3.05, 3.63) is 90.5 Å². The van der Waals surface area contributed by atoms with Crippen LogP contribution in [-0.2, 0) is 16.4 Å². The summed E-state index contributed by atoms with van der Waals surface area (Å²) in [5.41, 5.74) is 3.09. The summed E-state index contributed by atoms with van der Waals surface area (Å²) < 4.78 is 28.1. The van der Waals surface area contributed by atoms with Gasteiger partial charge in [0, 0.05) is 18.8 Å². The Kier molecular flexibility index (Phi) is 7.06. The highest BCUT2D eigenvalue weighted by molar-refractivity contribution is 7.99. The average Bonchev–Trinajstić information content (AvgIpc) is 3.22. The van der Waals surface area contributed by atoms with Crippen LogP contribution in [0.5, 0.6) is 0 Å². The van der Waals surface area contributed by atoms with Gasteiger partial charge in [0.25, 0.3) is 0 Å². The lowest BCUT2D eigenvalue weighted by Gasteiger charge is -2.22. The Labute approximate surface area is 187 Å². The largest absolute Gasteiger partial charge is 0.333 e.